The summed E-state index contributed by atoms with van der Waals surface area (Å²) in [6.45, 7) is 3.58. The Morgan fingerprint density at radius 1 is 1.35 bits per heavy atom. The highest BCUT2D eigenvalue weighted by Gasteiger charge is 2.17. The van der Waals surface area contributed by atoms with Crippen molar-refractivity contribution in [3.8, 4) is 5.75 Å². The first-order chi connectivity index (χ1) is 8.29. The molecule has 0 aliphatic heterocycles. The number of hydrogen-bond acceptors (Lipinski definition) is 2. The smallest absolute Gasteiger partial charge is 0.124 e. The van der Waals surface area contributed by atoms with E-state index in [2.05, 4.69) is 5.32 Å². The lowest BCUT2D eigenvalue weighted by atomic mass is 10.2. The van der Waals surface area contributed by atoms with Gasteiger partial charge in [-0.05, 0) is 50.4 Å². The number of benzene rings is 1. The van der Waals surface area contributed by atoms with Crippen LogP contribution >= 0.6 is 0 Å². The van der Waals surface area contributed by atoms with Crippen LogP contribution in [0.5, 0.6) is 5.75 Å². The van der Waals surface area contributed by atoms with Gasteiger partial charge in [-0.1, -0.05) is 6.92 Å². The van der Waals surface area contributed by atoms with E-state index in [1.54, 1.807) is 12.1 Å². The third kappa shape index (κ3) is 3.43. The molecule has 0 heterocycles. The van der Waals surface area contributed by atoms with Crippen molar-refractivity contribution in [2.75, 3.05) is 6.54 Å². The van der Waals surface area contributed by atoms with Crippen LogP contribution in [0.2, 0.25) is 0 Å². The Labute approximate surface area is 102 Å². The summed E-state index contributed by atoms with van der Waals surface area (Å²) in [4.78, 5) is 0. The number of hydrogen-bond donors (Lipinski definition) is 1. The van der Waals surface area contributed by atoms with E-state index in [1.807, 2.05) is 6.92 Å². The molecule has 0 bridgehead atoms. The summed E-state index contributed by atoms with van der Waals surface area (Å²) in [7, 11) is 0. The highest BCUT2D eigenvalue weighted by atomic mass is 19.1. The summed E-state index contributed by atoms with van der Waals surface area (Å²) < 4.78 is 19.2. The van der Waals surface area contributed by atoms with Gasteiger partial charge in [-0.15, -0.1) is 0 Å². The van der Waals surface area contributed by atoms with Gasteiger partial charge in [0, 0.05) is 12.1 Å². The zero-order valence-corrected chi connectivity index (χ0v) is 10.3. The van der Waals surface area contributed by atoms with Crippen molar-refractivity contribution in [2.45, 2.75) is 45.3 Å². The molecule has 0 atom stereocenters. The van der Waals surface area contributed by atoms with Gasteiger partial charge in [0.1, 0.15) is 11.6 Å². The first kappa shape index (κ1) is 12.4. The van der Waals surface area contributed by atoms with E-state index in [9.17, 15) is 4.39 Å². The largest absolute Gasteiger partial charge is 0.490 e. The molecule has 3 heteroatoms. The van der Waals surface area contributed by atoms with Crippen molar-refractivity contribution in [3.05, 3.63) is 29.6 Å². The fraction of sp³-hybridized carbons (Fsp3) is 0.571. The van der Waals surface area contributed by atoms with E-state index in [1.165, 1.54) is 18.9 Å². The Bertz CT molecular complexity index is 361. The van der Waals surface area contributed by atoms with Gasteiger partial charge >= 0.3 is 0 Å². The van der Waals surface area contributed by atoms with E-state index in [0.29, 0.717) is 12.6 Å². The summed E-state index contributed by atoms with van der Waals surface area (Å²) in [6.07, 6.45) is 5.06. The molecule has 0 amide bonds. The summed E-state index contributed by atoms with van der Waals surface area (Å²) >= 11 is 0. The zero-order chi connectivity index (χ0) is 12.1. The van der Waals surface area contributed by atoms with Crippen LogP contribution in [-0.4, -0.2) is 12.6 Å². The molecule has 1 aromatic rings. The molecular weight excluding hydrogens is 217 g/mol. The molecule has 94 valence electrons. The summed E-state index contributed by atoms with van der Waals surface area (Å²) in [5.74, 6) is 0.635. The van der Waals surface area contributed by atoms with Gasteiger partial charge in [-0.3, -0.25) is 0 Å². The third-order valence-corrected chi connectivity index (χ3v) is 3.18. The number of rotatable bonds is 5. The molecule has 2 rings (SSSR count). The zero-order valence-electron chi connectivity index (χ0n) is 10.3. The maximum atomic E-state index is 13.2. The molecule has 0 radical (unpaired) electrons. The standard InChI is InChI=1S/C14H20FNO/c1-2-16-10-11-9-12(15)7-8-14(11)17-13-5-3-4-6-13/h7-9,13,16H,2-6,10H2,1H3. The lowest BCUT2D eigenvalue weighted by Gasteiger charge is -2.16. The highest BCUT2D eigenvalue weighted by Crippen LogP contribution is 2.27. The van der Waals surface area contributed by atoms with Crippen molar-refractivity contribution in [1.82, 2.24) is 5.32 Å². The van der Waals surface area contributed by atoms with E-state index in [4.69, 9.17) is 4.74 Å². The third-order valence-electron chi connectivity index (χ3n) is 3.18. The Hall–Kier alpha value is -1.09. The minimum atomic E-state index is -0.198. The van der Waals surface area contributed by atoms with Crippen LogP contribution < -0.4 is 10.1 Å². The van der Waals surface area contributed by atoms with Crippen LogP contribution in [0.25, 0.3) is 0 Å². The van der Waals surface area contributed by atoms with E-state index < -0.39 is 0 Å². The maximum absolute atomic E-state index is 13.2. The van der Waals surface area contributed by atoms with Gasteiger partial charge in [0.05, 0.1) is 6.10 Å². The Morgan fingerprint density at radius 3 is 2.82 bits per heavy atom. The van der Waals surface area contributed by atoms with Gasteiger partial charge in [-0.25, -0.2) is 4.39 Å². The maximum Gasteiger partial charge on any atom is 0.124 e. The van der Waals surface area contributed by atoms with Gasteiger partial charge in [-0.2, -0.15) is 0 Å². The SMILES string of the molecule is CCNCc1cc(F)ccc1OC1CCCC1. The lowest BCUT2D eigenvalue weighted by Crippen LogP contribution is -2.16. The predicted octanol–water partition coefficient (Wildman–Crippen LogP) is 3.26. The first-order valence-electron chi connectivity index (χ1n) is 6.45. The number of nitrogens with one attached hydrogen (secondary N) is 1. The van der Waals surface area contributed by atoms with Gasteiger partial charge in [0.25, 0.3) is 0 Å². The summed E-state index contributed by atoms with van der Waals surface area (Å²) in [5.41, 5.74) is 0.916. The van der Waals surface area contributed by atoms with E-state index in [-0.39, 0.29) is 5.82 Å². The molecule has 1 aromatic carbocycles. The molecule has 0 unspecified atom stereocenters. The fourth-order valence-corrected chi connectivity index (χ4v) is 2.25. The average Bonchev–Trinajstić information content (AvgIpc) is 2.82. The van der Waals surface area contributed by atoms with Gasteiger partial charge < -0.3 is 10.1 Å². The molecule has 1 fully saturated rings. The minimum absolute atomic E-state index is 0.198. The van der Waals surface area contributed by atoms with Crippen molar-refractivity contribution in [1.29, 1.82) is 0 Å². The molecule has 0 spiro atoms. The topological polar surface area (TPSA) is 21.3 Å². The molecular formula is C14H20FNO. The van der Waals surface area contributed by atoms with Crippen LogP contribution in [-0.2, 0) is 6.54 Å². The molecule has 0 aromatic heterocycles. The average molecular weight is 237 g/mol. The number of ether oxygens (including phenoxy) is 1. The predicted molar refractivity (Wildman–Crippen MR) is 66.7 cm³/mol. The lowest BCUT2D eigenvalue weighted by molar-refractivity contribution is 0.207. The van der Waals surface area contributed by atoms with Gasteiger partial charge in [0.15, 0.2) is 0 Å². The second-order valence-electron chi connectivity index (χ2n) is 4.56. The van der Waals surface area contributed by atoms with Crippen LogP contribution in [0.3, 0.4) is 0 Å². The van der Waals surface area contributed by atoms with Crippen LogP contribution in [0.4, 0.5) is 4.39 Å². The van der Waals surface area contributed by atoms with Crippen molar-refractivity contribution >= 4 is 0 Å². The monoisotopic (exact) mass is 237 g/mol. The highest BCUT2D eigenvalue weighted by molar-refractivity contribution is 5.34. The minimum Gasteiger partial charge on any atom is -0.490 e. The quantitative estimate of drug-likeness (QED) is 0.848. The van der Waals surface area contributed by atoms with Crippen LogP contribution in [0.1, 0.15) is 38.2 Å². The summed E-state index contributed by atoms with van der Waals surface area (Å²) in [5, 5.41) is 3.21. The van der Waals surface area contributed by atoms with E-state index in [0.717, 1.165) is 30.7 Å². The first-order valence-corrected chi connectivity index (χ1v) is 6.45. The second kappa shape index (κ2) is 6.01. The van der Waals surface area contributed by atoms with Crippen LogP contribution in [0.15, 0.2) is 18.2 Å². The van der Waals surface area contributed by atoms with Crippen molar-refractivity contribution in [2.24, 2.45) is 0 Å². The molecule has 1 aliphatic carbocycles. The van der Waals surface area contributed by atoms with Crippen molar-refractivity contribution < 1.29 is 9.13 Å². The Morgan fingerprint density at radius 2 is 2.12 bits per heavy atom. The molecule has 0 saturated heterocycles. The number of halogens is 1. The molecule has 1 aliphatic rings. The summed E-state index contributed by atoms with van der Waals surface area (Å²) in [6, 6.07) is 4.78. The Kier molecular flexibility index (Phi) is 4.37. The molecule has 2 nitrogen and oxygen atoms in total. The Balaban J connectivity index is 2.07. The van der Waals surface area contributed by atoms with Gasteiger partial charge in [0.2, 0.25) is 0 Å². The normalized spacial score (nSPS) is 16.4. The fourth-order valence-electron chi connectivity index (χ4n) is 2.25. The van der Waals surface area contributed by atoms with E-state index >= 15 is 0 Å². The van der Waals surface area contributed by atoms with Crippen molar-refractivity contribution in [3.63, 3.8) is 0 Å². The molecule has 17 heavy (non-hydrogen) atoms. The molecule has 1 saturated carbocycles. The second-order valence-corrected chi connectivity index (χ2v) is 4.56. The molecule has 1 N–H and O–H groups in total. The van der Waals surface area contributed by atoms with Crippen LogP contribution in [0, 0.1) is 5.82 Å².